The molecule has 0 aliphatic carbocycles. The van der Waals surface area contributed by atoms with Crippen LogP contribution in [0.25, 0.3) is 0 Å². The van der Waals surface area contributed by atoms with Crippen molar-refractivity contribution in [3.8, 4) is 5.75 Å². The second-order valence-electron chi connectivity index (χ2n) is 4.82. The molecule has 0 saturated carbocycles. The van der Waals surface area contributed by atoms with Gasteiger partial charge in [0.05, 0.1) is 0 Å². The van der Waals surface area contributed by atoms with E-state index in [1.54, 1.807) is 17.0 Å². The Bertz CT molecular complexity index is 652. The van der Waals surface area contributed by atoms with Gasteiger partial charge in [-0.25, -0.2) is 9.67 Å². The van der Waals surface area contributed by atoms with Crippen LogP contribution in [0.1, 0.15) is 11.1 Å². The van der Waals surface area contributed by atoms with Gasteiger partial charge in [-0.15, -0.1) is 5.10 Å². The lowest BCUT2D eigenvalue weighted by Gasteiger charge is -2.28. The number of fused-ring (bicyclic) bond motifs is 1. The maximum atomic E-state index is 12.2. The fraction of sp³-hybridized carbons (Fsp3) is 0.308. The predicted octanol–water partition coefficient (Wildman–Crippen LogP) is 0.151. The van der Waals surface area contributed by atoms with Crippen molar-refractivity contribution in [3.05, 3.63) is 35.7 Å². The number of nitrogen functional groups attached to an aromatic ring is 1. The molecule has 3 N–H and O–H groups in total. The zero-order chi connectivity index (χ0) is 14.1. The number of anilines is 1. The first kappa shape index (κ1) is 12.5. The highest BCUT2D eigenvalue weighted by atomic mass is 16.3. The molecule has 0 radical (unpaired) electrons. The summed E-state index contributed by atoms with van der Waals surface area (Å²) in [5.41, 5.74) is 7.58. The maximum Gasteiger partial charge on any atom is 0.244 e. The Morgan fingerprint density at radius 1 is 1.40 bits per heavy atom. The quantitative estimate of drug-likeness (QED) is 0.811. The molecule has 0 atom stereocenters. The molecule has 0 spiro atoms. The van der Waals surface area contributed by atoms with Crippen LogP contribution in [0.5, 0.6) is 5.75 Å². The lowest BCUT2D eigenvalue weighted by molar-refractivity contribution is -0.133. The molecule has 0 bridgehead atoms. The fourth-order valence-corrected chi connectivity index (χ4v) is 2.38. The smallest absolute Gasteiger partial charge is 0.244 e. The normalized spacial score (nSPS) is 14.1. The predicted molar refractivity (Wildman–Crippen MR) is 71.7 cm³/mol. The van der Waals surface area contributed by atoms with Crippen molar-refractivity contribution in [2.75, 3.05) is 12.3 Å². The monoisotopic (exact) mass is 273 g/mol. The standard InChI is InChI=1S/C13H15N5O2/c14-13-15-8-18(16-13)7-12(20)17-4-3-9-1-2-11(19)5-10(9)6-17/h1-2,5,8,19H,3-4,6-7H2,(H2,14,16). The molecule has 1 aromatic heterocycles. The number of aromatic hydroxyl groups is 1. The van der Waals surface area contributed by atoms with Crippen LogP contribution in [0, 0.1) is 0 Å². The molecule has 104 valence electrons. The molecule has 1 amide bonds. The number of aromatic nitrogens is 3. The minimum atomic E-state index is -0.0381. The molecule has 1 aliphatic heterocycles. The van der Waals surface area contributed by atoms with Gasteiger partial charge in [0.2, 0.25) is 11.9 Å². The molecule has 0 fully saturated rings. The molecule has 3 rings (SSSR count). The second kappa shape index (κ2) is 4.84. The summed E-state index contributed by atoms with van der Waals surface area (Å²) in [5.74, 6) is 0.345. The van der Waals surface area contributed by atoms with Gasteiger partial charge in [-0.3, -0.25) is 4.79 Å². The van der Waals surface area contributed by atoms with Crippen molar-refractivity contribution in [2.24, 2.45) is 0 Å². The number of hydrogen-bond acceptors (Lipinski definition) is 5. The molecular weight excluding hydrogens is 258 g/mol. The lowest BCUT2D eigenvalue weighted by Crippen LogP contribution is -2.38. The first-order chi connectivity index (χ1) is 9.61. The van der Waals surface area contributed by atoms with Gasteiger partial charge in [0.1, 0.15) is 18.6 Å². The maximum absolute atomic E-state index is 12.2. The number of nitrogens with zero attached hydrogens (tertiary/aromatic N) is 4. The Labute approximate surface area is 115 Å². The Kier molecular flexibility index (Phi) is 3.02. The molecule has 2 aromatic rings. The Hall–Kier alpha value is -2.57. The zero-order valence-electron chi connectivity index (χ0n) is 10.9. The van der Waals surface area contributed by atoms with E-state index in [0.29, 0.717) is 13.1 Å². The van der Waals surface area contributed by atoms with Crippen LogP contribution in [-0.4, -0.2) is 37.2 Å². The summed E-state index contributed by atoms with van der Waals surface area (Å²) < 4.78 is 1.43. The first-order valence-corrected chi connectivity index (χ1v) is 6.35. The van der Waals surface area contributed by atoms with Gasteiger partial charge < -0.3 is 15.7 Å². The minimum Gasteiger partial charge on any atom is -0.508 e. The molecule has 0 unspecified atom stereocenters. The van der Waals surface area contributed by atoms with E-state index in [1.807, 2.05) is 6.07 Å². The highest BCUT2D eigenvalue weighted by Gasteiger charge is 2.21. The van der Waals surface area contributed by atoms with Crippen LogP contribution in [-0.2, 0) is 24.3 Å². The number of phenolic OH excluding ortho intramolecular Hbond substituents is 1. The lowest BCUT2D eigenvalue weighted by atomic mass is 9.99. The van der Waals surface area contributed by atoms with Crippen molar-refractivity contribution in [1.82, 2.24) is 19.7 Å². The number of benzene rings is 1. The molecule has 20 heavy (non-hydrogen) atoms. The number of phenols is 1. The summed E-state index contributed by atoms with van der Waals surface area (Å²) >= 11 is 0. The van der Waals surface area contributed by atoms with E-state index in [9.17, 15) is 9.90 Å². The number of amides is 1. The van der Waals surface area contributed by atoms with Gasteiger partial charge in [-0.1, -0.05) is 6.07 Å². The molecule has 1 aromatic carbocycles. The van der Waals surface area contributed by atoms with E-state index >= 15 is 0 Å². The van der Waals surface area contributed by atoms with Gasteiger partial charge in [0.25, 0.3) is 0 Å². The van der Waals surface area contributed by atoms with Crippen LogP contribution < -0.4 is 5.73 Å². The molecule has 1 aliphatic rings. The van der Waals surface area contributed by atoms with E-state index in [0.717, 1.165) is 12.0 Å². The Morgan fingerprint density at radius 2 is 2.25 bits per heavy atom. The van der Waals surface area contributed by atoms with Gasteiger partial charge in [-0.2, -0.15) is 0 Å². The summed E-state index contributed by atoms with van der Waals surface area (Å²) in [4.78, 5) is 17.7. The third-order valence-corrected chi connectivity index (χ3v) is 3.41. The number of carbonyl (C=O) groups is 1. The van der Waals surface area contributed by atoms with E-state index in [2.05, 4.69) is 10.1 Å². The summed E-state index contributed by atoms with van der Waals surface area (Å²) in [7, 11) is 0. The summed E-state index contributed by atoms with van der Waals surface area (Å²) in [6, 6.07) is 5.29. The topological polar surface area (TPSA) is 97.3 Å². The second-order valence-corrected chi connectivity index (χ2v) is 4.82. The van der Waals surface area contributed by atoms with Crippen molar-refractivity contribution >= 4 is 11.9 Å². The van der Waals surface area contributed by atoms with Crippen LogP contribution in [0.2, 0.25) is 0 Å². The van der Waals surface area contributed by atoms with Crippen molar-refractivity contribution in [1.29, 1.82) is 0 Å². The van der Waals surface area contributed by atoms with E-state index in [1.165, 1.54) is 16.6 Å². The van der Waals surface area contributed by atoms with Gasteiger partial charge in [0, 0.05) is 13.1 Å². The van der Waals surface area contributed by atoms with E-state index in [4.69, 9.17) is 5.73 Å². The summed E-state index contributed by atoms with van der Waals surface area (Å²) in [6.45, 7) is 1.30. The number of nitrogens with two attached hydrogens (primary N) is 1. The summed E-state index contributed by atoms with van der Waals surface area (Å²) in [5, 5.41) is 13.4. The van der Waals surface area contributed by atoms with Gasteiger partial charge >= 0.3 is 0 Å². The Balaban J connectivity index is 1.71. The van der Waals surface area contributed by atoms with Gasteiger partial charge in [-0.05, 0) is 29.7 Å². The number of carbonyl (C=O) groups excluding carboxylic acids is 1. The molecular formula is C13H15N5O2. The Morgan fingerprint density at radius 3 is 3.00 bits per heavy atom. The largest absolute Gasteiger partial charge is 0.508 e. The molecule has 2 heterocycles. The number of rotatable bonds is 2. The fourth-order valence-electron chi connectivity index (χ4n) is 2.38. The highest BCUT2D eigenvalue weighted by molar-refractivity contribution is 5.76. The SMILES string of the molecule is Nc1ncn(CC(=O)N2CCc3ccc(O)cc3C2)n1. The van der Waals surface area contributed by atoms with Crippen molar-refractivity contribution in [2.45, 2.75) is 19.5 Å². The third kappa shape index (κ3) is 2.42. The first-order valence-electron chi connectivity index (χ1n) is 6.35. The third-order valence-electron chi connectivity index (χ3n) is 3.41. The van der Waals surface area contributed by atoms with Crippen LogP contribution >= 0.6 is 0 Å². The number of hydrogen-bond donors (Lipinski definition) is 2. The van der Waals surface area contributed by atoms with Crippen molar-refractivity contribution < 1.29 is 9.90 Å². The minimum absolute atomic E-state index is 0.0381. The summed E-state index contributed by atoms with van der Waals surface area (Å²) in [6.07, 6.45) is 2.23. The average molecular weight is 273 g/mol. The van der Waals surface area contributed by atoms with Crippen LogP contribution in [0.4, 0.5) is 5.95 Å². The van der Waals surface area contributed by atoms with E-state index < -0.39 is 0 Å². The van der Waals surface area contributed by atoms with Crippen LogP contribution in [0.3, 0.4) is 0 Å². The highest BCUT2D eigenvalue weighted by Crippen LogP contribution is 2.23. The van der Waals surface area contributed by atoms with Gasteiger partial charge in [0.15, 0.2) is 0 Å². The zero-order valence-corrected chi connectivity index (χ0v) is 10.9. The van der Waals surface area contributed by atoms with Crippen LogP contribution in [0.15, 0.2) is 24.5 Å². The average Bonchev–Trinajstić information content (AvgIpc) is 2.83. The van der Waals surface area contributed by atoms with Crippen molar-refractivity contribution in [3.63, 3.8) is 0 Å². The van der Waals surface area contributed by atoms with E-state index in [-0.39, 0.29) is 24.1 Å². The molecule has 7 heteroatoms. The molecule has 7 nitrogen and oxygen atoms in total. The molecule has 0 saturated heterocycles.